The van der Waals surface area contributed by atoms with Crippen LogP contribution in [0.5, 0.6) is 5.75 Å². The summed E-state index contributed by atoms with van der Waals surface area (Å²) in [6.45, 7) is 9.42. The zero-order valence-electron chi connectivity index (χ0n) is 11.4. The predicted octanol–water partition coefficient (Wildman–Crippen LogP) is 3.56. The first-order chi connectivity index (χ1) is 7.90. The first-order valence-corrected chi connectivity index (χ1v) is 7.19. The molecule has 0 fully saturated rings. The highest BCUT2D eigenvalue weighted by atomic mass is 32.2. The summed E-state index contributed by atoms with van der Waals surface area (Å²) in [6.07, 6.45) is 2.25. The molecule has 0 aliphatic rings. The number of hydrogen-bond acceptors (Lipinski definition) is 3. The SMILES string of the molecule is CSc1ccc(OC(C)CNC(C)(C)C)cc1. The molecule has 3 heteroatoms. The Morgan fingerprint density at radius 2 is 1.82 bits per heavy atom. The third kappa shape index (κ3) is 5.99. The van der Waals surface area contributed by atoms with E-state index in [-0.39, 0.29) is 11.6 Å². The normalized spacial score (nSPS) is 13.5. The van der Waals surface area contributed by atoms with E-state index in [2.05, 4.69) is 51.4 Å². The molecular formula is C14H23NOS. The van der Waals surface area contributed by atoms with Crippen molar-refractivity contribution in [2.75, 3.05) is 12.8 Å². The lowest BCUT2D eigenvalue weighted by Crippen LogP contribution is -2.41. The molecule has 0 saturated carbocycles. The van der Waals surface area contributed by atoms with Gasteiger partial charge in [-0.3, -0.25) is 0 Å². The third-order valence-electron chi connectivity index (χ3n) is 2.32. The molecule has 0 aliphatic heterocycles. The van der Waals surface area contributed by atoms with Crippen molar-refractivity contribution < 1.29 is 4.74 Å². The Hall–Kier alpha value is -0.670. The van der Waals surface area contributed by atoms with Crippen LogP contribution >= 0.6 is 11.8 Å². The van der Waals surface area contributed by atoms with Gasteiger partial charge in [0.1, 0.15) is 11.9 Å². The fraction of sp³-hybridized carbons (Fsp3) is 0.571. The minimum Gasteiger partial charge on any atom is -0.489 e. The number of benzene rings is 1. The maximum absolute atomic E-state index is 5.84. The van der Waals surface area contributed by atoms with Gasteiger partial charge < -0.3 is 10.1 Å². The summed E-state index contributed by atoms with van der Waals surface area (Å²) in [5.41, 5.74) is 0.139. The van der Waals surface area contributed by atoms with Gasteiger partial charge in [-0.25, -0.2) is 0 Å². The van der Waals surface area contributed by atoms with E-state index in [0.717, 1.165) is 12.3 Å². The minimum atomic E-state index is 0.139. The molecule has 0 bridgehead atoms. The van der Waals surface area contributed by atoms with Crippen molar-refractivity contribution in [1.29, 1.82) is 0 Å². The van der Waals surface area contributed by atoms with Crippen LogP contribution in [0, 0.1) is 0 Å². The van der Waals surface area contributed by atoms with Crippen LogP contribution in [0.1, 0.15) is 27.7 Å². The quantitative estimate of drug-likeness (QED) is 0.811. The summed E-state index contributed by atoms with van der Waals surface area (Å²) in [4.78, 5) is 1.26. The molecule has 0 aromatic heterocycles. The van der Waals surface area contributed by atoms with E-state index >= 15 is 0 Å². The van der Waals surface area contributed by atoms with E-state index in [1.807, 2.05) is 12.1 Å². The molecule has 0 spiro atoms. The van der Waals surface area contributed by atoms with Gasteiger partial charge in [0.2, 0.25) is 0 Å². The van der Waals surface area contributed by atoms with E-state index in [9.17, 15) is 0 Å². The second kappa shape index (κ2) is 6.31. The molecule has 0 amide bonds. The highest BCUT2D eigenvalue weighted by Gasteiger charge is 2.11. The minimum absolute atomic E-state index is 0.139. The summed E-state index contributed by atoms with van der Waals surface area (Å²) in [7, 11) is 0. The number of thioether (sulfide) groups is 1. The first-order valence-electron chi connectivity index (χ1n) is 5.96. The largest absolute Gasteiger partial charge is 0.489 e. The lowest BCUT2D eigenvalue weighted by Gasteiger charge is -2.24. The van der Waals surface area contributed by atoms with Gasteiger partial charge in [-0.15, -0.1) is 11.8 Å². The Balaban J connectivity index is 2.42. The van der Waals surface area contributed by atoms with Crippen molar-refractivity contribution in [3.05, 3.63) is 24.3 Å². The molecule has 1 N–H and O–H groups in total. The van der Waals surface area contributed by atoms with E-state index in [1.165, 1.54) is 4.90 Å². The summed E-state index contributed by atoms with van der Waals surface area (Å²) >= 11 is 1.74. The molecule has 96 valence electrons. The zero-order chi connectivity index (χ0) is 12.9. The van der Waals surface area contributed by atoms with Crippen LogP contribution < -0.4 is 10.1 Å². The molecule has 1 unspecified atom stereocenters. The average molecular weight is 253 g/mol. The maximum atomic E-state index is 5.84. The highest BCUT2D eigenvalue weighted by molar-refractivity contribution is 7.98. The van der Waals surface area contributed by atoms with Crippen molar-refractivity contribution in [2.45, 2.75) is 44.2 Å². The average Bonchev–Trinajstić information content (AvgIpc) is 2.27. The van der Waals surface area contributed by atoms with Crippen LogP contribution in [0.3, 0.4) is 0 Å². The fourth-order valence-electron chi connectivity index (χ4n) is 1.38. The van der Waals surface area contributed by atoms with Crippen LogP contribution in [0.2, 0.25) is 0 Å². The molecule has 2 nitrogen and oxygen atoms in total. The van der Waals surface area contributed by atoms with Gasteiger partial charge in [-0.2, -0.15) is 0 Å². The summed E-state index contributed by atoms with van der Waals surface area (Å²) in [6, 6.07) is 8.23. The summed E-state index contributed by atoms with van der Waals surface area (Å²) in [5, 5.41) is 3.44. The van der Waals surface area contributed by atoms with Crippen molar-refractivity contribution in [3.8, 4) is 5.75 Å². The Morgan fingerprint density at radius 1 is 1.24 bits per heavy atom. The van der Waals surface area contributed by atoms with Crippen LogP contribution in [0.25, 0.3) is 0 Å². The molecule has 1 aromatic carbocycles. The number of ether oxygens (including phenoxy) is 1. The number of hydrogen-bond donors (Lipinski definition) is 1. The summed E-state index contributed by atoms with van der Waals surface area (Å²) < 4.78 is 5.84. The van der Waals surface area contributed by atoms with Crippen LogP contribution in [-0.2, 0) is 0 Å². The molecular weight excluding hydrogens is 230 g/mol. The van der Waals surface area contributed by atoms with Gasteiger partial charge in [0.15, 0.2) is 0 Å². The van der Waals surface area contributed by atoms with Gasteiger partial charge in [0.05, 0.1) is 0 Å². The van der Waals surface area contributed by atoms with Crippen molar-refractivity contribution in [2.24, 2.45) is 0 Å². The molecule has 1 atom stereocenters. The second-order valence-electron chi connectivity index (χ2n) is 5.23. The van der Waals surface area contributed by atoms with Gasteiger partial charge in [0, 0.05) is 17.0 Å². The molecule has 0 aliphatic carbocycles. The highest BCUT2D eigenvalue weighted by Crippen LogP contribution is 2.19. The maximum Gasteiger partial charge on any atom is 0.119 e. The van der Waals surface area contributed by atoms with E-state index < -0.39 is 0 Å². The van der Waals surface area contributed by atoms with Crippen molar-refractivity contribution >= 4 is 11.8 Å². The topological polar surface area (TPSA) is 21.3 Å². The smallest absolute Gasteiger partial charge is 0.119 e. The third-order valence-corrected chi connectivity index (χ3v) is 3.06. The van der Waals surface area contributed by atoms with Crippen LogP contribution in [0.4, 0.5) is 0 Å². The first kappa shape index (κ1) is 14.4. The fourth-order valence-corrected chi connectivity index (χ4v) is 1.79. The van der Waals surface area contributed by atoms with Gasteiger partial charge in [-0.1, -0.05) is 0 Å². The number of rotatable bonds is 5. The van der Waals surface area contributed by atoms with Gasteiger partial charge in [-0.05, 0) is 58.2 Å². The zero-order valence-corrected chi connectivity index (χ0v) is 12.2. The van der Waals surface area contributed by atoms with Crippen LogP contribution in [0.15, 0.2) is 29.2 Å². The van der Waals surface area contributed by atoms with Crippen molar-refractivity contribution in [3.63, 3.8) is 0 Å². The second-order valence-corrected chi connectivity index (χ2v) is 6.11. The molecule has 0 heterocycles. The summed E-state index contributed by atoms with van der Waals surface area (Å²) in [5.74, 6) is 0.936. The molecule has 0 saturated heterocycles. The standard InChI is InChI=1S/C14H23NOS/c1-11(10-15-14(2,3)4)16-12-6-8-13(17-5)9-7-12/h6-9,11,15H,10H2,1-5H3. The van der Waals surface area contributed by atoms with Gasteiger partial charge >= 0.3 is 0 Å². The van der Waals surface area contributed by atoms with E-state index in [4.69, 9.17) is 4.74 Å². The lowest BCUT2D eigenvalue weighted by molar-refractivity contribution is 0.203. The lowest BCUT2D eigenvalue weighted by atomic mass is 10.1. The van der Waals surface area contributed by atoms with E-state index in [0.29, 0.717) is 0 Å². The van der Waals surface area contributed by atoms with Gasteiger partial charge in [0.25, 0.3) is 0 Å². The number of nitrogens with one attached hydrogen (secondary N) is 1. The van der Waals surface area contributed by atoms with Crippen LogP contribution in [-0.4, -0.2) is 24.4 Å². The Kier molecular flexibility index (Phi) is 5.34. The molecule has 1 rings (SSSR count). The molecule has 0 radical (unpaired) electrons. The molecule has 17 heavy (non-hydrogen) atoms. The van der Waals surface area contributed by atoms with Crippen molar-refractivity contribution in [1.82, 2.24) is 5.32 Å². The Morgan fingerprint density at radius 3 is 2.29 bits per heavy atom. The monoisotopic (exact) mass is 253 g/mol. The molecule has 1 aromatic rings. The predicted molar refractivity (Wildman–Crippen MR) is 76.1 cm³/mol. The Bertz CT molecular complexity index is 329. The van der Waals surface area contributed by atoms with E-state index in [1.54, 1.807) is 11.8 Å². The Labute approximate surface area is 109 Å².